The number of sulfonamides is 6. The lowest BCUT2D eigenvalue weighted by molar-refractivity contribution is -0.139. The summed E-state index contributed by atoms with van der Waals surface area (Å²) < 4.78 is 159. The number of benzene rings is 6. The number of aliphatic hydroxyl groups excluding tert-OH is 4. The largest absolute Gasteiger partial charge is 0.393 e. The minimum absolute atomic E-state index is 0.0177. The molecular weight excluding hydrogens is 1810 g/mol. The van der Waals surface area contributed by atoms with E-state index in [-0.39, 0.29) is 82.4 Å². The Morgan fingerprint density at radius 2 is 0.811 bits per heavy atom. The third-order valence-corrected chi connectivity index (χ3v) is 37.8. The van der Waals surface area contributed by atoms with E-state index < -0.39 is 84.2 Å². The fourth-order valence-corrected chi connectivity index (χ4v) is 27.7. The SMILES string of the molecule is C=CC=O.Cc1ccc(S(=O)(=O)N/N=C2/C3CCC(O)C2CN(S(=O)(=O)c2ccc(C)cc2)C3)cc1.Cc1ccc(S(=O)(=O)N2CC3CCC(O)C(C2)C3=O)cc1.Cc1ccc(S(=O)(=O)N2CC3CCC(O)C(C3)C2)cc1.Cc1ccc(S(=O)(=O)N2CC=C(N3CCCC3)CC2)cc1.Cc1ccc(S(=O)(=O)N2CCC(=O)CC2)cc1.O=C1C2CC3CC1N(C3)C2.OC1CCNCC1. The number of aliphatic hydroxyl groups is 4. The Kier molecular flexibility index (Phi) is 35.3. The van der Waals surface area contributed by atoms with Crippen LogP contribution in [0.15, 0.2) is 204 Å². The zero-order valence-electron chi connectivity index (χ0n) is 76.3. The van der Waals surface area contributed by atoms with Crippen LogP contribution >= 0.6 is 0 Å². The van der Waals surface area contributed by atoms with Crippen molar-refractivity contribution in [2.45, 2.75) is 204 Å². The van der Waals surface area contributed by atoms with Gasteiger partial charge in [-0.05, 0) is 235 Å². The van der Waals surface area contributed by atoms with Crippen LogP contribution < -0.4 is 10.1 Å². The average Bonchev–Trinajstić information content (AvgIpc) is 1.60. The number of nitrogens with one attached hydrogen (secondary N) is 2. The minimum Gasteiger partial charge on any atom is -0.393 e. The van der Waals surface area contributed by atoms with E-state index in [1.165, 1.54) is 69.0 Å². The molecule has 20 rings (SSSR count). The van der Waals surface area contributed by atoms with Gasteiger partial charge in [0.05, 0.1) is 71.5 Å². The van der Waals surface area contributed by atoms with Gasteiger partial charge in [0.25, 0.3) is 10.0 Å². The van der Waals surface area contributed by atoms with Crippen LogP contribution in [0.25, 0.3) is 0 Å². The van der Waals surface area contributed by atoms with E-state index in [0.29, 0.717) is 128 Å². The molecule has 0 aromatic heterocycles. The lowest BCUT2D eigenvalue weighted by Crippen LogP contribution is -2.55. The molecule has 10 heterocycles. The third kappa shape index (κ3) is 25.8. The first-order chi connectivity index (χ1) is 62.7. The Hall–Kier alpha value is -7.99. The number of hydrazone groups is 1. The van der Waals surface area contributed by atoms with Crippen LogP contribution in [-0.4, -0.2) is 267 Å². The van der Waals surface area contributed by atoms with Crippen LogP contribution in [0.2, 0.25) is 0 Å². The molecule has 0 radical (unpaired) electrons. The summed E-state index contributed by atoms with van der Waals surface area (Å²) in [6.07, 6.45) is 15.2. The molecule has 30 nitrogen and oxygen atoms in total. The monoisotopic (exact) mass is 1930 g/mol. The highest BCUT2D eigenvalue weighted by molar-refractivity contribution is 7.90. The first-order valence-electron chi connectivity index (χ1n) is 45.9. The smallest absolute Gasteiger partial charge is 0.276 e. The number of carbonyl (C=O) groups is 4. The molecule has 6 aromatic rings. The molecule has 0 amide bonds. The second-order valence-electron chi connectivity index (χ2n) is 37.0. The van der Waals surface area contributed by atoms with Crippen molar-refractivity contribution in [3.05, 3.63) is 203 Å². The van der Waals surface area contributed by atoms with Gasteiger partial charge >= 0.3 is 0 Å². The topological polar surface area (TPSA) is 413 Å². The number of allylic oxidation sites excluding steroid dienone is 1. The predicted molar refractivity (Wildman–Crippen MR) is 504 cm³/mol. The van der Waals surface area contributed by atoms with Crippen molar-refractivity contribution >= 4 is 89.5 Å². The standard InChI is InChI=1S/C22H27N3O5S2.C16H22N2O2S.C15H19NO4S.C15H21NO3S.C12H15NO3S.C8H11NO.C5H11NO.C3H4O/c1-15-3-8-18(9-4-15)31(27,28)24-23-22-17-7-12-21(26)20(22)14-25(13-17)32(29,30)19-10-5-16(2)6-11-19;1-14-4-6-16(7-5-14)21(19,20)18-12-8-15(9-13-18)17-10-2-3-11-17;1-10-2-5-12(6-3-10)21(19,20)16-8-11-4-7-14(17)13(9-16)15(11)18;1-11-2-5-14(6-3-11)20(18,19)16-9-12-4-7-15(17)13(8-12)10-16;1-10-2-4-12(5-3-10)17(15,16)13-8-6-11(14)7-9-13;10-8-6-1-5-2-7(8)9(3-5)4-6;7-5-1-3-6-4-2-5;1-2-3-4/h3-6,8-11,17,20-21,24,26H,7,12-14H2,1-2H3;4-8H,2-3,9-13H2,1H3;2-3,5-6,11,13-14,17H,4,7-9H2,1H3;2-3,5-6,12-13,15,17H,4,7-10H2,1H3;2-5H,6-9H2,1H3;5-7H,1-4H2;5-7H,1-4H2;2-3H,1H2/b23-22-;;;;;;;. The first kappa shape index (κ1) is 103. The number of carbonyl (C=O) groups excluding carboxylic acids is 4. The van der Waals surface area contributed by atoms with E-state index >= 15 is 0 Å². The molecule has 132 heavy (non-hydrogen) atoms. The lowest BCUT2D eigenvalue weighted by atomic mass is 9.75. The second kappa shape index (κ2) is 45.3. The summed E-state index contributed by atoms with van der Waals surface area (Å²) in [5, 5.41) is 46.7. The van der Waals surface area contributed by atoms with E-state index in [2.05, 4.69) is 37.7 Å². The molecule has 13 unspecified atom stereocenters. The van der Waals surface area contributed by atoms with Crippen LogP contribution in [-0.2, 0) is 79.3 Å². The highest BCUT2D eigenvalue weighted by atomic mass is 32.2. The predicted octanol–water partition coefficient (Wildman–Crippen LogP) is 8.86. The molecule has 13 fully saturated rings. The van der Waals surface area contributed by atoms with Crippen LogP contribution in [0.5, 0.6) is 0 Å². The number of Topliss-reactive ketones (excluding diaryl/α,β-unsaturated/α-hetero) is 3. The number of aldehydes is 1. The van der Waals surface area contributed by atoms with Crippen molar-refractivity contribution < 1.29 is 90.1 Å². The van der Waals surface area contributed by atoms with Gasteiger partial charge < -0.3 is 30.6 Å². The van der Waals surface area contributed by atoms with Crippen molar-refractivity contribution in [1.29, 1.82) is 0 Å². The Labute approximate surface area is 780 Å². The van der Waals surface area contributed by atoms with Gasteiger partial charge in [0.15, 0.2) is 5.78 Å². The molecule has 9 saturated heterocycles. The quantitative estimate of drug-likeness (QED) is 0.0317. The highest BCUT2D eigenvalue weighted by Crippen LogP contribution is 2.44. The average molecular weight is 1940 g/mol. The number of fused-ring (bicyclic) bond motifs is 6. The van der Waals surface area contributed by atoms with E-state index in [4.69, 9.17) is 9.90 Å². The van der Waals surface area contributed by atoms with Gasteiger partial charge in [-0.15, -0.1) is 0 Å². The van der Waals surface area contributed by atoms with E-state index in [1.807, 2.05) is 65.8 Å². The van der Waals surface area contributed by atoms with Crippen LogP contribution in [0.1, 0.15) is 136 Å². The van der Waals surface area contributed by atoms with Gasteiger partial charge in [0.1, 0.15) is 17.9 Å². The summed E-state index contributed by atoms with van der Waals surface area (Å²) in [6.45, 7) is 24.4. The summed E-state index contributed by atoms with van der Waals surface area (Å²) in [6, 6.07) is 41.0. The van der Waals surface area contributed by atoms with Gasteiger partial charge in [-0.3, -0.25) is 24.1 Å². The van der Waals surface area contributed by atoms with Crippen LogP contribution in [0, 0.1) is 88.9 Å². The van der Waals surface area contributed by atoms with Crippen molar-refractivity contribution in [2.75, 3.05) is 105 Å². The maximum atomic E-state index is 13.2. The van der Waals surface area contributed by atoms with Gasteiger partial charge in [0, 0.05) is 140 Å². The molecule has 4 aliphatic carbocycles. The number of piperidine rings is 6. The Morgan fingerprint density at radius 3 is 1.24 bits per heavy atom. The Morgan fingerprint density at radius 1 is 0.402 bits per heavy atom. The molecule has 4 saturated carbocycles. The maximum Gasteiger partial charge on any atom is 0.276 e. The van der Waals surface area contributed by atoms with E-state index in [1.54, 1.807) is 118 Å². The first-order valence-corrected chi connectivity index (χ1v) is 54.6. The number of likely N-dealkylation sites (tertiary alicyclic amines) is 1. The summed E-state index contributed by atoms with van der Waals surface area (Å²) in [7, 11) is -21.4. The van der Waals surface area contributed by atoms with Gasteiger partial charge in [-0.25, -0.2) is 46.9 Å². The van der Waals surface area contributed by atoms with Gasteiger partial charge in [0.2, 0.25) is 50.1 Å². The van der Waals surface area contributed by atoms with Crippen molar-refractivity contribution in [2.24, 2.45) is 52.4 Å². The van der Waals surface area contributed by atoms with Gasteiger partial charge in [-0.1, -0.05) is 119 Å². The molecule has 10 bridgehead atoms. The second-order valence-corrected chi connectivity index (χ2v) is 48.3. The fraction of sp³-hybridized carbons (Fsp3) is 0.531. The van der Waals surface area contributed by atoms with Crippen molar-refractivity contribution in [1.82, 2.24) is 41.5 Å². The maximum absolute atomic E-state index is 13.2. The van der Waals surface area contributed by atoms with Crippen LogP contribution in [0.4, 0.5) is 0 Å². The number of rotatable bonds is 15. The molecule has 10 aliphatic heterocycles. The molecule has 36 heteroatoms. The molecule has 6 N–H and O–H groups in total. The Balaban J connectivity index is 0.000000142. The fourth-order valence-electron chi connectivity index (χ4n) is 19.4. The third-order valence-electron chi connectivity index (χ3n) is 27.3. The molecule has 0 spiro atoms. The number of ketones is 3. The summed E-state index contributed by atoms with van der Waals surface area (Å²) in [4.78, 5) is 52.3. The zero-order valence-corrected chi connectivity index (χ0v) is 81.2. The number of hydrogen-bond acceptors (Lipinski definition) is 24. The number of nitrogens with zero attached hydrogens (tertiary/aromatic N) is 8. The highest BCUT2D eigenvalue weighted by Gasteiger charge is 2.53. The summed E-state index contributed by atoms with van der Waals surface area (Å²) in [5.74, 6) is 0.851. The Bertz CT molecular complexity index is 5750. The van der Waals surface area contributed by atoms with Crippen molar-refractivity contribution in [3.63, 3.8) is 0 Å². The summed E-state index contributed by atoms with van der Waals surface area (Å²) >= 11 is 0. The molecule has 6 aromatic carbocycles. The van der Waals surface area contributed by atoms with Crippen molar-refractivity contribution in [3.8, 4) is 0 Å². The molecule has 720 valence electrons. The minimum atomic E-state index is -3.86. The van der Waals surface area contributed by atoms with Crippen LogP contribution in [0.3, 0.4) is 0 Å². The lowest BCUT2D eigenvalue weighted by Gasteiger charge is -2.43. The zero-order chi connectivity index (χ0) is 95.2. The number of aryl methyl sites for hydroxylation is 6. The molecular formula is C96H130N10O20S6. The van der Waals surface area contributed by atoms with Gasteiger partial charge in [-0.2, -0.15) is 35.0 Å². The summed E-state index contributed by atoms with van der Waals surface area (Å²) in [5.41, 5.74) is 7.88. The number of hydrogen-bond donors (Lipinski definition) is 6. The van der Waals surface area contributed by atoms with E-state index in [9.17, 15) is 80.2 Å². The molecule has 14 aliphatic rings. The van der Waals surface area contributed by atoms with E-state index in [0.717, 1.165) is 111 Å². The normalized spacial score (nSPS) is 27.2. The molecule has 13 atom stereocenters.